The summed E-state index contributed by atoms with van der Waals surface area (Å²) in [5.74, 6) is 1.23. The summed E-state index contributed by atoms with van der Waals surface area (Å²) >= 11 is 3.00. The highest BCUT2D eigenvalue weighted by atomic mass is 32.1. The van der Waals surface area contributed by atoms with Crippen LogP contribution in [0.15, 0.2) is 63.8 Å². The second-order valence-electron chi connectivity index (χ2n) is 9.01. The fourth-order valence-corrected chi connectivity index (χ4v) is 7.01. The first-order valence-electron chi connectivity index (χ1n) is 12.1. The van der Waals surface area contributed by atoms with Gasteiger partial charge in [-0.15, -0.1) is 27.8 Å². The maximum atomic E-state index is 13.7. The number of hydrogen-bond donors (Lipinski definition) is 0. The Morgan fingerprint density at radius 3 is 2.53 bits per heavy atom. The molecule has 0 unspecified atom stereocenters. The molecule has 0 bridgehead atoms. The Morgan fingerprint density at radius 2 is 1.82 bits per heavy atom. The van der Waals surface area contributed by atoms with Crippen LogP contribution < -0.4 is 15.1 Å². The van der Waals surface area contributed by atoms with E-state index >= 15 is 0 Å². The number of fused-ring (bicyclic) bond motifs is 3. The molecule has 0 radical (unpaired) electrons. The molecule has 3 aromatic heterocycles. The molecule has 5 aromatic rings. The van der Waals surface area contributed by atoms with E-state index in [4.69, 9.17) is 14.8 Å². The first kappa shape index (κ1) is 24.3. The van der Waals surface area contributed by atoms with E-state index in [9.17, 15) is 14.9 Å². The van der Waals surface area contributed by atoms with Gasteiger partial charge in [0.15, 0.2) is 0 Å². The number of non-ortho nitro benzene ring substituents is 1. The van der Waals surface area contributed by atoms with E-state index in [2.05, 4.69) is 0 Å². The molecule has 0 N–H and O–H groups in total. The van der Waals surface area contributed by atoms with Gasteiger partial charge in [-0.2, -0.15) is 4.68 Å². The number of hydrogen-bond acceptors (Lipinski definition) is 8. The number of methoxy groups -OCH3 is 1. The Labute approximate surface area is 225 Å². The SMILES string of the molecule is COc1ccc(-n2c(-c3ccc([N+](=O)[O-])cc3)cs/c2=N\n2c(C)nc3sc4c(c3c2=O)CCCC4)cc1. The van der Waals surface area contributed by atoms with Crippen LogP contribution in [0.1, 0.15) is 29.1 Å². The van der Waals surface area contributed by atoms with Crippen LogP contribution in [0, 0.1) is 17.0 Å². The summed E-state index contributed by atoms with van der Waals surface area (Å²) in [6, 6.07) is 13.9. The van der Waals surface area contributed by atoms with Crippen molar-refractivity contribution >= 4 is 38.6 Å². The molecule has 192 valence electrons. The van der Waals surface area contributed by atoms with Crippen molar-refractivity contribution in [3.63, 3.8) is 0 Å². The predicted octanol–water partition coefficient (Wildman–Crippen LogP) is 5.45. The lowest BCUT2D eigenvalue weighted by Crippen LogP contribution is -2.25. The molecule has 1 aliphatic carbocycles. The van der Waals surface area contributed by atoms with E-state index in [1.165, 1.54) is 33.0 Å². The first-order valence-corrected chi connectivity index (χ1v) is 13.8. The lowest BCUT2D eigenvalue weighted by molar-refractivity contribution is -0.384. The summed E-state index contributed by atoms with van der Waals surface area (Å²) in [6.07, 6.45) is 4.10. The minimum Gasteiger partial charge on any atom is -0.497 e. The molecule has 38 heavy (non-hydrogen) atoms. The van der Waals surface area contributed by atoms with Crippen LogP contribution >= 0.6 is 22.7 Å². The molecule has 1 aliphatic rings. The lowest BCUT2D eigenvalue weighted by atomic mass is 9.97. The number of nitro groups is 1. The molecular formula is C27H23N5O4S2. The van der Waals surface area contributed by atoms with Crippen LogP contribution in [-0.2, 0) is 12.8 Å². The van der Waals surface area contributed by atoms with Gasteiger partial charge in [0.2, 0.25) is 4.80 Å². The number of ether oxygens (including phenoxy) is 1. The smallest absolute Gasteiger partial charge is 0.283 e. The number of nitrogens with zero attached hydrogens (tertiary/aromatic N) is 5. The van der Waals surface area contributed by atoms with Crippen LogP contribution in [0.4, 0.5) is 5.69 Å². The summed E-state index contributed by atoms with van der Waals surface area (Å²) in [4.78, 5) is 31.9. The van der Waals surface area contributed by atoms with Gasteiger partial charge in [0.1, 0.15) is 16.4 Å². The third-order valence-electron chi connectivity index (χ3n) is 6.73. The topological polar surface area (TPSA) is 105 Å². The van der Waals surface area contributed by atoms with Crippen LogP contribution in [0.2, 0.25) is 0 Å². The van der Waals surface area contributed by atoms with E-state index in [0.717, 1.165) is 53.0 Å². The van der Waals surface area contributed by atoms with Gasteiger partial charge in [0.05, 0.1) is 23.1 Å². The standard InChI is InChI=1S/C27H23N5O4S2/c1-16-28-25-24(21-5-3-4-6-23(21)38-25)26(33)31(16)29-27-30(18-11-13-20(36-2)14-12-18)22(15-37-27)17-7-9-19(10-8-17)32(34)35/h7-15H,3-6H2,1-2H3/b29-27-. The highest BCUT2D eigenvalue weighted by molar-refractivity contribution is 7.18. The van der Waals surface area contributed by atoms with Crippen LogP contribution in [0.5, 0.6) is 5.75 Å². The zero-order valence-corrected chi connectivity index (χ0v) is 22.3. The van der Waals surface area contributed by atoms with Gasteiger partial charge in [0.25, 0.3) is 11.2 Å². The summed E-state index contributed by atoms with van der Waals surface area (Å²) in [5.41, 5.74) is 3.38. The van der Waals surface area contributed by atoms with Gasteiger partial charge in [-0.1, -0.05) is 0 Å². The Bertz CT molecular complexity index is 1810. The molecule has 0 spiro atoms. The molecular weight excluding hydrogens is 522 g/mol. The van der Waals surface area contributed by atoms with Gasteiger partial charge in [-0.05, 0) is 80.1 Å². The normalized spacial score (nSPS) is 13.6. The van der Waals surface area contributed by atoms with Gasteiger partial charge < -0.3 is 4.74 Å². The molecule has 11 heteroatoms. The summed E-state index contributed by atoms with van der Waals surface area (Å²) in [7, 11) is 1.61. The number of benzene rings is 2. The average molecular weight is 546 g/mol. The van der Waals surface area contributed by atoms with Crippen LogP contribution in [0.3, 0.4) is 0 Å². The third kappa shape index (κ3) is 4.13. The van der Waals surface area contributed by atoms with Crippen molar-refractivity contribution in [2.75, 3.05) is 7.11 Å². The molecule has 0 fully saturated rings. The Hall–Kier alpha value is -4.09. The number of nitro benzene ring substituents is 1. The molecule has 0 atom stereocenters. The van der Waals surface area contributed by atoms with Gasteiger partial charge in [-0.25, -0.2) is 4.98 Å². The Morgan fingerprint density at radius 1 is 1.08 bits per heavy atom. The number of thiophene rings is 1. The van der Waals surface area contributed by atoms with Crippen molar-refractivity contribution in [1.82, 2.24) is 14.2 Å². The lowest BCUT2D eigenvalue weighted by Gasteiger charge is -2.11. The fraction of sp³-hybridized carbons (Fsp3) is 0.222. The van der Waals surface area contributed by atoms with E-state index < -0.39 is 4.92 Å². The van der Waals surface area contributed by atoms with Crippen molar-refractivity contribution < 1.29 is 9.66 Å². The molecule has 0 aliphatic heterocycles. The summed E-state index contributed by atoms with van der Waals surface area (Å²) < 4.78 is 8.66. The van der Waals surface area contributed by atoms with Crippen LogP contribution in [-0.4, -0.2) is 26.3 Å². The molecule has 3 heterocycles. The number of aryl methyl sites for hydroxylation is 3. The van der Waals surface area contributed by atoms with Crippen LogP contribution in [0.25, 0.3) is 27.2 Å². The average Bonchev–Trinajstić information content (AvgIpc) is 3.52. The summed E-state index contributed by atoms with van der Waals surface area (Å²) in [6.45, 7) is 1.80. The summed E-state index contributed by atoms with van der Waals surface area (Å²) in [5, 5.41) is 18.6. The quantitative estimate of drug-likeness (QED) is 0.216. The largest absolute Gasteiger partial charge is 0.497 e. The molecule has 6 rings (SSSR count). The zero-order chi connectivity index (χ0) is 26.4. The molecule has 0 amide bonds. The molecule has 0 saturated heterocycles. The number of rotatable bonds is 5. The fourth-order valence-electron chi connectivity index (χ4n) is 4.82. The van der Waals surface area contributed by atoms with Crippen molar-refractivity contribution in [1.29, 1.82) is 0 Å². The van der Waals surface area contributed by atoms with Crippen molar-refractivity contribution in [2.24, 2.45) is 5.10 Å². The van der Waals surface area contributed by atoms with E-state index in [1.54, 1.807) is 37.5 Å². The van der Waals surface area contributed by atoms with E-state index in [-0.39, 0.29) is 11.2 Å². The van der Waals surface area contributed by atoms with Gasteiger partial charge in [0, 0.05) is 28.1 Å². The van der Waals surface area contributed by atoms with E-state index in [1.807, 2.05) is 34.2 Å². The molecule has 0 saturated carbocycles. The van der Waals surface area contributed by atoms with Crippen molar-refractivity contribution in [2.45, 2.75) is 32.6 Å². The molecule has 9 nitrogen and oxygen atoms in total. The predicted molar refractivity (Wildman–Crippen MR) is 149 cm³/mol. The van der Waals surface area contributed by atoms with E-state index in [0.29, 0.717) is 21.8 Å². The zero-order valence-electron chi connectivity index (χ0n) is 20.7. The number of aromatic nitrogens is 3. The van der Waals surface area contributed by atoms with Crippen molar-refractivity contribution in [3.05, 3.63) is 95.4 Å². The molecule has 2 aromatic carbocycles. The van der Waals surface area contributed by atoms with Crippen molar-refractivity contribution in [3.8, 4) is 22.7 Å². The second-order valence-corrected chi connectivity index (χ2v) is 10.9. The third-order valence-corrected chi connectivity index (χ3v) is 8.73. The number of thiazole rings is 1. The minimum atomic E-state index is -0.419. The Balaban J connectivity index is 1.58. The maximum absolute atomic E-state index is 13.7. The van der Waals surface area contributed by atoms with Gasteiger partial charge >= 0.3 is 0 Å². The monoisotopic (exact) mass is 545 g/mol. The first-order chi connectivity index (χ1) is 18.4. The minimum absolute atomic E-state index is 0.0190. The second kappa shape index (κ2) is 9.66. The highest BCUT2D eigenvalue weighted by Gasteiger charge is 2.21. The van der Waals surface area contributed by atoms with Gasteiger partial charge in [-0.3, -0.25) is 19.5 Å². The maximum Gasteiger partial charge on any atom is 0.283 e. The highest BCUT2D eigenvalue weighted by Crippen LogP contribution is 2.34. The Kier molecular flexibility index (Phi) is 6.16.